The maximum atomic E-state index is 12.5. The number of amides is 1. The first-order valence-corrected chi connectivity index (χ1v) is 9.31. The molecular formula is C22H25N3O3. The molecule has 0 aliphatic heterocycles. The predicted molar refractivity (Wildman–Crippen MR) is 108 cm³/mol. The van der Waals surface area contributed by atoms with E-state index in [-0.39, 0.29) is 12.0 Å². The average molecular weight is 379 g/mol. The molecule has 0 radical (unpaired) electrons. The van der Waals surface area contributed by atoms with Gasteiger partial charge in [0.05, 0.1) is 30.7 Å². The number of nitrogens with one attached hydrogen (secondary N) is 2. The van der Waals surface area contributed by atoms with Gasteiger partial charge in [0.1, 0.15) is 5.75 Å². The van der Waals surface area contributed by atoms with Crippen LogP contribution in [0.2, 0.25) is 0 Å². The standard InChI is InChI=1S/C22H25N3O3/c1-16(17-7-4-3-5-8-17)28-14-6-13-23-22(26)20-15-24-25-21(20)18-9-11-19(27-2)12-10-18/h3-5,7-12,15-16H,6,13-14H2,1-2H3,(H,23,26)(H,24,25). The van der Waals surface area contributed by atoms with Crippen molar-refractivity contribution in [3.63, 3.8) is 0 Å². The number of aromatic nitrogens is 2. The van der Waals surface area contributed by atoms with Crippen molar-refractivity contribution in [3.8, 4) is 17.0 Å². The smallest absolute Gasteiger partial charge is 0.255 e. The molecule has 1 heterocycles. The Morgan fingerprint density at radius 3 is 2.61 bits per heavy atom. The lowest BCUT2D eigenvalue weighted by Gasteiger charge is -2.13. The highest BCUT2D eigenvalue weighted by molar-refractivity contribution is 5.99. The van der Waals surface area contributed by atoms with Crippen molar-refractivity contribution < 1.29 is 14.3 Å². The van der Waals surface area contributed by atoms with Crippen LogP contribution in [0.5, 0.6) is 5.75 Å². The van der Waals surface area contributed by atoms with Crippen LogP contribution in [0.3, 0.4) is 0 Å². The summed E-state index contributed by atoms with van der Waals surface area (Å²) in [6.45, 7) is 3.14. The summed E-state index contributed by atoms with van der Waals surface area (Å²) in [6, 6.07) is 17.6. The lowest BCUT2D eigenvalue weighted by Crippen LogP contribution is -2.25. The molecule has 1 unspecified atom stereocenters. The topological polar surface area (TPSA) is 76.2 Å². The molecule has 0 fully saturated rings. The third-order valence-corrected chi connectivity index (χ3v) is 4.51. The maximum absolute atomic E-state index is 12.5. The van der Waals surface area contributed by atoms with E-state index >= 15 is 0 Å². The van der Waals surface area contributed by atoms with E-state index in [1.54, 1.807) is 13.3 Å². The van der Waals surface area contributed by atoms with E-state index in [1.807, 2.05) is 61.5 Å². The normalized spacial score (nSPS) is 11.8. The zero-order valence-electron chi connectivity index (χ0n) is 16.1. The number of carbonyl (C=O) groups excluding carboxylic acids is 1. The third-order valence-electron chi connectivity index (χ3n) is 4.51. The van der Waals surface area contributed by atoms with Crippen LogP contribution in [-0.2, 0) is 4.74 Å². The quantitative estimate of drug-likeness (QED) is 0.551. The van der Waals surface area contributed by atoms with Gasteiger partial charge in [0.25, 0.3) is 5.91 Å². The molecule has 3 rings (SSSR count). The molecule has 0 bridgehead atoms. The molecule has 0 aliphatic rings. The summed E-state index contributed by atoms with van der Waals surface area (Å²) in [6.07, 6.45) is 2.31. The van der Waals surface area contributed by atoms with Gasteiger partial charge in [-0.1, -0.05) is 30.3 Å². The van der Waals surface area contributed by atoms with Gasteiger partial charge in [-0.25, -0.2) is 0 Å². The number of nitrogens with zero attached hydrogens (tertiary/aromatic N) is 1. The van der Waals surface area contributed by atoms with Crippen LogP contribution in [-0.4, -0.2) is 36.4 Å². The van der Waals surface area contributed by atoms with Crippen molar-refractivity contribution in [3.05, 3.63) is 71.9 Å². The number of H-pyrrole nitrogens is 1. The Hall–Kier alpha value is -3.12. The maximum Gasteiger partial charge on any atom is 0.255 e. The van der Waals surface area contributed by atoms with E-state index < -0.39 is 0 Å². The summed E-state index contributed by atoms with van der Waals surface area (Å²) in [5, 5.41) is 9.85. The number of rotatable bonds is 9. The minimum atomic E-state index is -0.157. The number of hydrogen-bond donors (Lipinski definition) is 2. The molecule has 6 nitrogen and oxygen atoms in total. The first-order valence-electron chi connectivity index (χ1n) is 9.31. The molecule has 0 saturated carbocycles. The van der Waals surface area contributed by atoms with Crippen molar-refractivity contribution in [1.82, 2.24) is 15.5 Å². The van der Waals surface area contributed by atoms with Gasteiger partial charge < -0.3 is 14.8 Å². The van der Waals surface area contributed by atoms with Crippen LogP contribution in [0, 0.1) is 0 Å². The molecule has 6 heteroatoms. The van der Waals surface area contributed by atoms with Gasteiger partial charge in [-0.15, -0.1) is 0 Å². The minimum Gasteiger partial charge on any atom is -0.497 e. The fraction of sp³-hybridized carbons (Fsp3) is 0.273. The summed E-state index contributed by atoms with van der Waals surface area (Å²) in [5.74, 6) is 0.606. The third kappa shape index (κ3) is 4.98. The average Bonchev–Trinajstić information content (AvgIpc) is 3.24. The lowest BCUT2D eigenvalue weighted by molar-refractivity contribution is 0.0635. The molecule has 28 heavy (non-hydrogen) atoms. The van der Waals surface area contributed by atoms with Gasteiger partial charge in [0.15, 0.2) is 0 Å². The molecule has 0 saturated heterocycles. The molecule has 1 amide bonds. The lowest BCUT2D eigenvalue weighted by atomic mass is 10.1. The van der Waals surface area contributed by atoms with Gasteiger partial charge in [0.2, 0.25) is 0 Å². The van der Waals surface area contributed by atoms with Crippen LogP contribution in [0.4, 0.5) is 0 Å². The van der Waals surface area contributed by atoms with Crippen molar-refractivity contribution in [1.29, 1.82) is 0 Å². The van der Waals surface area contributed by atoms with Crippen molar-refractivity contribution in [2.45, 2.75) is 19.4 Å². The number of ether oxygens (including phenoxy) is 2. The number of hydrogen-bond acceptors (Lipinski definition) is 4. The molecule has 1 atom stereocenters. The number of methoxy groups -OCH3 is 1. The van der Waals surface area contributed by atoms with Crippen molar-refractivity contribution in [2.75, 3.05) is 20.3 Å². The zero-order chi connectivity index (χ0) is 19.8. The Balaban J connectivity index is 1.47. The van der Waals surface area contributed by atoms with Crippen LogP contribution < -0.4 is 10.1 Å². The van der Waals surface area contributed by atoms with E-state index in [2.05, 4.69) is 15.5 Å². The molecule has 146 valence electrons. The van der Waals surface area contributed by atoms with Gasteiger partial charge in [-0.05, 0) is 43.2 Å². The van der Waals surface area contributed by atoms with E-state index in [9.17, 15) is 4.79 Å². The SMILES string of the molecule is COc1ccc(-c2[nH]ncc2C(=O)NCCCOC(C)c2ccccc2)cc1. The summed E-state index contributed by atoms with van der Waals surface area (Å²) in [4.78, 5) is 12.5. The highest BCUT2D eigenvalue weighted by Gasteiger charge is 2.15. The Bertz CT molecular complexity index is 876. The van der Waals surface area contributed by atoms with Crippen LogP contribution >= 0.6 is 0 Å². The largest absolute Gasteiger partial charge is 0.497 e. The molecular weight excluding hydrogens is 354 g/mol. The highest BCUT2D eigenvalue weighted by Crippen LogP contribution is 2.23. The predicted octanol–water partition coefficient (Wildman–Crippen LogP) is 3.98. The minimum absolute atomic E-state index is 0.0347. The van der Waals surface area contributed by atoms with Gasteiger partial charge in [0, 0.05) is 18.7 Å². The Kier molecular flexibility index (Phi) is 6.81. The van der Waals surface area contributed by atoms with Gasteiger partial charge in [-0.3, -0.25) is 9.89 Å². The second-order valence-corrected chi connectivity index (χ2v) is 6.42. The molecule has 2 N–H and O–H groups in total. The van der Waals surface area contributed by atoms with Gasteiger partial charge in [-0.2, -0.15) is 5.10 Å². The first kappa shape index (κ1) is 19.6. The van der Waals surface area contributed by atoms with E-state index in [0.717, 1.165) is 23.3 Å². The summed E-state index contributed by atoms with van der Waals surface area (Å²) in [7, 11) is 1.62. The fourth-order valence-corrected chi connectivity index (χ4v) is 2.89. The monoisotopic (exact) mass is 379 g/mol. The Morgan fingerprint density at radius 1 is 1.14 bits per heavy atom. The van der Waals surface area contributed by atoms with Gasteiger partial charge >= 0.3 is 0 Å². The second kappa shape index (κ2) is 9.71. The Morgan fingerprint density at radius 2 is 1.89 bits per heavy atom. The summed E-state index contributed by atoms with van der Waals surface area (Å²) >= 11 is 0. The fourth-order valence-electron chi connectivity index (χ4n) is 2.89. The molecule has 2 aromatic carbocycles. The number of aromatic amines is 1. The molecule has 0 aliphatic carbocycles. The molecule has 1 aromatic heterocycles. The number of carbonyl (C=O) groups is 1. The molecule has 3 aromatic rings. The summed E-state index contributed by atoms with van der Waals surface area (Å²) < 4.78 is 11.0. The first-order chi connectivity index (χ1) is 13.7. The Labute approximate surface area is 164 Å². The van der Waals surface area contributed by atoms with E-state index in [1.165, 1.54) is 0 Å². The van der Waals surface area contributed by atoms with Crippen LogP contribution in [0.15, 0.2) is 60.8 Å². The highest BCUT2D eigenvalue weighted by atomic mass is 16.5. The van der Waals surface area contributed by atoms with E-state index in [4.69, 9.17) is 9.47 Å². The van der Waals surface area contributed by atoms with E-state index in [0.29, 0.717) is 24.4 Å². The molecule has 0 spiro atoms. The number of benzene rings is 2. The van der Waals surface area contributed by atoms with Crippen molar-refractivity contribution in [2.24, 2.45) is 0 Å². The summed E-state index contributed by atoms with van der Waals surface area (Å²) in [5.41, 5.74) is 3.23. The van der Waals surface area contributed by atoms with Crippen LogP contribution in [0.1, 0.15) is 35.4 Å². The van der Waals surface area contributed by atoms with Crippen LogP contribution in [0.25, 0.3) is 11.3 Å². The van der Waals surface area contributed by atoms with Crippen molar-refractivity contribution >= 4 is 5.91 Å². The zero-order valence-corrected chi connectivity index (χ0v) is 16.1. The second-order valence-electron chi connectivity index (χ2n) is 6.42.